The van der Waals surface area contributed by atoms with Gasteiger partial charge in [-0.25, -0.2) is 0 Å². The van der Waals surface area contributed by atoms with Gasteiger partial charge in [0, 0.05) is 0 Å². The second-order valence-electron chi connectivity index (χ2n) is 7.48. The molecule has 0 heterocycles. The second-order valence-corrected chi connectivity index (χ2v) is 7.48. The summed E-state index contributed by atoms with van der Waals surface area (Å²) in [5.41, 5.74) is 5.99. The molecule has 0 spiro atoms. The molecule has 0 heteroatoms. The van der Waals surface area contributed by atoms with Gasteiger partial charge in [-0.3, -0.25) is 0 Å². The van der Waals surface area contributed by atoms with Crippen molar-refractivity contribution >= 4 is 0 Å². The minimum Gasteiger partial charge on any atom is -0.0776 e. The van der Waals surface area contributed by atoms with Gasteiger partial charge in [0.2, 0.25) is 0 Å². The molecule has 2 atom stereocenters. The molecule has 3 aromatic carbocycles. The van der Waals surface area contributed by atoms with Crippen LogP contribution < -0.4 is 0 Å². The summed E-state index contributed by atoms with van der Waals surface area (Å²) in [7, 11) is 0. The Morgan fingerprint density at radius 2 is 0.833 bits per heavy atom. The Bertz CT molecular complexity index is 756. The van der Waals surface area contributed by atoms with E-state index in [2.05, 4.69) is 91.9 Å². The molecule has 1 aliphatic carbocycles. The maximum atomic E-state index is 2.34. The SMILES string of the molecule is C.C.C.C.C.Cc1ccccc1C1CC(c2ccccc2)CC(c2ccccc2)C1. The summed E-state index contributed by atoms with van der Waals surface area (Å²) in [5, 5.41) is 0. The van der Waals surface area contributed by atoms with Crippen molar-refractivity contribution in [1.82, 2.24) is 0 Å². The summed E-state index contributed by atoms with van der Waals surface area (Å²) in [6.45, 7) is 2.26. The lowest BCUT2D eigenvalue weighted by atomic mass is 9.68. The van der Waals surface area contributed by atoms with Crippen molar-refractivity contribution in [3.05, 3.63) is 107 Å². The molecule has 0 nitrogen and oxygen atoms in total. The van der Waals surface area contributed by atoms with Gasteiger partial charge in [0.25, 0.3) is 0 Å². The van der Waals surface area contributed by atoms with Crippen LogP contribution in [-0.4, -0.2) is 0 Å². The lowest BCUT2D eigenvalue weighted by Crippen LogP contribution is -2.20. The third-order valence-corrected chi connectivity index (χ3v) is 5.88. The fourth-order valence-corrected chi connectivity index (χ4v) is 4.61. The van der Waals surface area contributed by atoms with Crippen LogP contribution in [0.25, 0.3) is 0 Å². The van der Waals surface area contributed by atoms with Crippen molar-refractivity contribution < 1.29 is 0 Å². The average molecular weight is 407 g/mol. The van der Waals surface area contributed by atoms with E-state index in [9.17, 15) is 0 Å². The van der Waals surface area contributed by atoms with Crippen LogP contribution in [-0.2, 0) is 0 Å². The molecule has 1 fully saturated rings. The lowest BCUT2D eigenvalue weighted by molar-refractivity contribution is 0.351. The zero-order valence-corrected chi connectivity index (χ0v) is 14.9. The fraction of sp³-hybridized carbons (Fsp3) is 0.400. The summed E-state index contributed by atoms with van der Waals surface area (Å²) < 4.78 is 0. The fourth-order valence-electron chi connectivity index (χ4n) is 4.61. The molecule has 0 bridgehead atoms. The topological polar surface area (TPSA) is 0 Å². The molecule has 2 unspecified atom stereocenters. The Balaban J connectivity index is 0. The monoisotopic (exact) mass is 406 g/mol. The molecular formula is C30H46. The largest absolute Gasteiger partial charge is 0.0776 e. The molecule has 166 valence electrons. The van der Waals surface area contributed by atoms with E-state index in [0.717, 1.165) is 0 Å². The smallest absolute Gasteiger partial charge is 0.0148 e. The second kappa shape index (κ2) is 13.8. The highest BCUT2D eigenvalue weighted by atomic mass is 14.4. The quantitative estimate of drug-likeness (QED) is 0.406. The summed E-state index contributed by atoms with van der Waals surface area (Å²) in [6.07, 6.45) is 3.78. The molecule has 0 saturated heterocycles. The van der Waals surface area contributed by atoms with Crippen LogP contribution in [0, 0.1) is 6.92 Å². The molecule has 0 amide bonds. The third kappa shape index (κ3) is 6.59. The molecule has 30 heavy (non-hydrogen) atoms. The maximum absolute atomic E-state index is 2.34. The molecule has 3 aromatic rings. The van der Waals surface area contributed by atoms with Gasteiger partial charge in [0.15, 0.2) is 0 Å². The zero-order chi connectivity index (χ0) is 17.1. The van der Waals surface area contributed by atoms with Gasteiger partial charge >= 0.3 is 0 Å². The van der Waals surface area contributed by atoms with Gasteiger partial charge in [-0.05, 0) is 66.2 Å². The van der Waals surface area contributed by atoms with Gasteiger partial charge in [-0.2, -0.15) is 0 Å². The van der Waals surface area contributed by atoms with Crippen LogP contribution in [0.15, 0.2) is 84.9 Å². The average Bonchev–Trinajstić information content (AvgIpc) is 2.69. The van der Waals surface area contributed by atoms with Crippen LogP contribution in [0.1, 0.15) is 96.4 Å². The summed E-state index contributed by atoms with van der Waals surface area (Å²) in [6, 6.07) is 31.2. The Labute approximate surface area is 188 Å². The Morgan fingerprint density at radius 3 is 1.27 bits per heavy atom. The molecular weight excluding hydrogens is 360 g/mol. The highest BCUT2D eigenvalue weighted by molar-refractivity contribution is 5.33. The van der Waals surface area contributed by atoms with Crippen molar-refractivity contribution in [2.24, 2.45) is 0 Å². The van der Waals surface area contributed by atoms with Gasteiger partial charge in [0.1, 0.15) is 0 Å². The Kier molecular flexibility index (Phi) is 13.7. The molecule has 0 radical (unpaired) electrons. The van der Waals surface area contributed by atoms with Crippen molar-refractivity contribution in [3.63, 3.8) is 0 Å². The minimum atomic E-state index is 0. The maximum Gasteiger partial charge on any atom is -0.0148 e. The van der Waals surface area contributed by atoms with Crippen LogP contribution in [0.2, 0.25) is 0 Å². The third-order valence-electron chi connectivity index (χ3n) is 5.88. The standard InChI is InChI=1S/C25H26.5CH4/c1-19-10-8-9-15-25(19)24-17-22(20-11-4-2-5-12-20)16-23(18-24)21-13-6-3-7-14-21;;;;;/h2-15,22-24H,16-18H2,1H3;5*1H4. The van der Waals surface area contributed by atoms with E-state index in [1.807, 2.05) is 0 Å². The van der Waals surface area contributed by atoms with Crippen LogP contribution in [0.4, 0.5) is 0 Å². The molecule has 1 saturated carbocycles. The molecule has 1 aliphatic rings. The van der Waals surface area contributed by atoms with Crippen molar-refractivity contribution in [3.8, 4) is 0 Å². The molecule has 0 N–H and O–H groups in total. The number of hydrogen-bond acceptors (Lipinski definition) is 0. The van der Waals surface area contributed by atoms with E-state index < -0.39 is 0 Å². The van der Waals surface area contributed by atoms with Gasteiger partial charge < -0.3 is 0 Å². The van der Waals surface area contributed by atoms with E-state index in [0.29, 0.717) is 17.8 Å². The minimum absolute atomic E-state index is 0. The summed E-state index contributed by atoms with van der Waals surface area (Å²) in [4.78, 5) is 0. The summed E-state index contributed by atoms with van der Waals surface area (Å²) >= 11 is 0. The van der Waals surface area contributed by atoms with Crippen molar-refractivity contribution in [2.45, 2.75) is 81.1 Å². The first-order valence-corrected chi connectivity index (χ1v) is 9.46. The Morgan fingerprint density at radius 1 is 0.467 bits per heavy atom. The number of aryl methyl sites for hydroxylation is 1. The van der Waals surface area contributed by atoms with Crippen LogP contribution in [0.3, 0.4) is 0 Å². The first kappa shape index (κ1) is 29.9. The highest BCUT2D eigenvalue weighted by Gasteiger charge is 2.31. The lowest BCUT2D eigenvalue weighted by Gasteiger charge is -2.36. The van der Waals surface area contributed by atoms with E-state index in [4.69, 9.17) is 0 Å². The predicted molar refractivity (Wildman–Crippen MR) is 140 cm³/mol. The number of rotatable bonds is 3. The molecule has 0 aromatic heterocycles. The van der Waals surface area contributed by atoms with Crippen molar-refractivity contribution in [2.75, 3.05) is 0 Å². The zero-order valence-electron chi connectivity index (χ0n) is 14.9. The Hall–Kier alpha value is -2.34. The number of hydrogen-bond donors (Lipinski definition) is 0. The predicted octanol–water partition coefficient (Wildman–Crippen LogP) is 10.0. The van der Waals surface area contributed by atoms with Crippen LogP contribution >= 0.6 is 0 Å². The highest BCUT2D eigenvalue weighted by Crippen LogP contribution is 2.48. The molecule has 4 rings (SSSR count). The van der Waals surface area contributed by atoms with Gasteiger partial charge in [-0.1, -0.05) is 122 Å². The summed E-state index contributed by atoms with van der Waals surface area (Å²) in [5.74, 6) is 1.93. The normalized spacial score (nSPS) is 19.4. The van der Waals surface area contributed by atoms with Gasteiger partial charge in [-0.15, -0.1) is 0 Å². The van der Waals surface area contributed by atoms with E-state index in [-0.39, 0.29) is 37.1 Å². The van der Waals surface area contributed by atoms with Crippen molar-refractivity contribution in [1.29, 1.82) is 0 Å². The first-order valence-electron chi connectivity index (χ1n) is 9.46. The van der Waals surface area contributed by atoms with Crippen LogP contribution in [0.5, 0.6) is 0 Å². The van der Waals surface area contributed by atoms with E-state index in [1.54, 1.807) is 5.56 Å². The van der Waals surface area contributed by atoms with E-state index in [1.165, 1.54) is 36.0 Å². The molecule has 0 aliphatic heterocycles. The number of benzene rings is 3. The van der Waals surface area contributed by atoms with Gasteiger partial charge in [0.05, 0.1) is 0 Å². The van der Waals surface area contributed by atoms with E-state index >= 15 is 0 Å². The first-order chi connectivity index (χ1) is 12.3.